The highest BCUT2D eigenvalue weighted by molar-refractivity contribution is 9.11. The summed E-state index contributed by atoms with van der Waals surface area (Å²) in [5.74, 6) is 0.166. The van der Waals surface area contributed by atoms with Gasteiger partial charge in [-0.15, -0.1) is 11.3 Å². The Balaban J connectivity index is 2.27. The zero-order chi connectivity index (χ0) is 13.6. The normalized spacial score (nSPS) is 12.2. The molecule has 7 heteroatoms. The fourth-order valence-electron chi connectivity index (χ4n) is 1.35. The first-order valence-electron chi connectivity index (χ1n) is 5.84. The summed E-state index contributed by atoms with van der Waals surface area (Å²) in [5, 5.41) is 3.20. The highest BCUT2D eigenvalue weighted by Crippen LogP contribution is 2.21. The van der Waals surface area contributed by atoms with Crippen molar-refractivity contribution < 1.29 is 8.42 Å². The van der Waals surface area contributed by atoms with E-state index in [0.29, 0.717) is 19.0 Å². The largest absolute Gasteiger partial charge is 0.314 e. The summed E-state index contributed by atoms with van der Waals surface area (Å²) in [5.41, 5.74) is 0. The van der Waals surface area contributed by atoms with Crippen LogP contribution in [-0.2, 0) is 16.6 Å². The van der Waals surface area contributed by atoms with Crippen molar-refractivity contribution in [1.29, 1.82) is 0 Å². The first-order chi connectivity index (χ1) is 8.39. The molecule has 0 radical (unpaired) electrons. The lowest BCUT2D eigenvalue weighted by atomic mass is 10.4. The van der Waals surface area contributed by atoms with Crippen LogP contribution in [0.1, 0.15) is 25.1 Å². The van der Waals surface area contributed by atoms with Gasteiger partial charge in [-0.3, -0.25) is 0 Å². The Morgan fingerprint density at radius 3 is 2.67 bits per heavy atom. The van der Waals surface area contributed by atoms with Gasteiger partial charge >= 0.3 is 0 Å². The van der Waals surface area contributed by atoms with Gasteiger partial charge in [0.2, 0.25) is 10.0 Å². The first kappa shape index (κ1) is 16.1. The number of hydrogen-bond donors (Lipinski definition) is 2. The Hall–Kier alpha value is 0.0500. The van der Waals surface area contributed by atoms with Gasteiger partial charge in [0.25, 0.3) is 0 Å². The maximum Gasteiger partial charge on any atom is 0.211 e. The molecular formula is C11H19BrN2O2S2. The van der Waals surface area contributed by atoms with Crippen molar-refractivity contribution in [1.82, 2.24) is 10.0 Å². The molecule has 0 amide bonds. The lowest BCUT2D eigenvalue weighted by molar-refractivity contribution is 0.561. The highest BCUT2D eigenvalue weighted by atomic mass is 79.9. The summed E-state index contributed by atoms with van der Waals surface area (Å²) in [6, 6.07) is 4.22. The van der Waals surface area contributed by atoms with E-state index in [2.05, 4.69) is 26.0 Å². The molecule has 0 saturated heterocycles. The summed E-state index contributed by atoms with van der Waals surface area (Å²) in [6.45, 7) is 5.18. The van der Waals surface area contributed by atoms with Gasteiger partial charge in [0, 0.05) is 17.5 Å². The van der Waals surface area contributed by atoms with Gasteiger partial charge in [-0.2, -0.15) is 0 Å². The van der Waals surface area contributed by atoms with Crippen molar-refractivity contribution in [3.05, 3.63) is 20.8 Å². The van der Waals surface area contributed by atoms with E-state index < -0.39 is 10.0 Å². The third-order valence-electron chi connectivity index (χ3n) is 2.24. The minimum absolute atomic E-state index is 0.166. The molecule has 1 heterocycles. The van der Waals surface area contributed by atoms with Gasteiger partial charge < -0.3 is 5.32 Å². The van der Waals surface area contributed by atoms with E-state index in [1.165, 1.54) is 11.3 Å². The van der Waals surface area contributed by atoms with Crippen LogP contribution in [0.2, 0.25) is 0 Å². The molecule has 0 aliphatic rings. The fraction of sp³-hybridized carbons (Fsp3) is 0.636. The van der Waals surface area contributed by atoms with Crippen LogP contribution in [0.4, 0.5) is 0 Å². The second-order valence-corrected chi connectivity index (χ2v) is 8.78. The standard InChI is InChI=1S/C11H19BrN2O2S2/c1-9(2)13-6-3-7-18(15,16)14-8-10-4-5-11(12)17-10/h4-5,9,13-14H,3,6-8H2,1-2H3. The van der Waals surface area contributed by atoms with Crippen LogP contribution < -0.4 is 10.0 Å². The molecule has 0 aliphatic heterocycles. The van der Waals surface area contributed by atoms with E-state index in [9.17, 15) is 8.42 Å². The van der Waals surface area contributed by atoms with E-state index >= 15 is 0 Å². The number of thiophene rings is 1. The quantitative estimate of drug-likeness (QED) is 0.704. The predicted octanol–water partition coefficient (Wildman–Crippen LogP) is 2.32. The minimum Gasteiger partial charge on any atom is -0.314 e. The van der Waals surface area contributed by atoms with E-state index in [0.717, 1.165) is 15.2 Å². The predicted molar refractivity (Wildman–Crippen MR) is 80.4 cm³/mol. The van der Waals surface area contributed by atoms with Crippen LogP contribution in [0.25, 0.3) is 0 Å². The Morgan fingerprint density at radius 1 is 1.39 bits per heavy atom. The minimum atomic E-state index is -3.17. The lowest BCUT2D eigenvalue weighted by Gasteiger charge is -2.08. The average molecular weight is 355 g/mol. The molecule has 0 atom stereocenters. The summed E-state index contributed by atoms with van der Waals surface area (Å²) in [6.07, 6.45) is 0.627. The molecule has 0 bridgehead atoms. The molecule has 1 rings (SSSR count). The van der Waals surface area contributed by atoms with E-state index in [-0.39, 0.29) is 5.75 Å². The number of sulfonamides is 1. The molecular weight excluding hydrogens is 336 g/mol. The summed E-state index contributed by atoms with van der Waals surface area (Å²) in [7, 11) is -3.17. The molecule has 1 aromatic rings. The molecule has 1 aromatic heterocycles. The van der Waals surface area contributed by atoms with Crippen LogP contribution in [0.5, 0.6) is 0 Å². The number of nitrogens with one attached hydrogen (secondary N) is 2. The molecule has 0 spiro atoms. The monoisotopic (exact) mass is 354 g/mol. The molecule has 0 aliphatic carbocycles. The van der Waals surface area contributed by atoms with Crippen molar-refractivity contribution in [2.45, 2.75) is 32.9 Å². The van der Waals surface area contributed by atoms with E-state index in [1.54, 1.807) is 0 Å². The molecule has 0 saturated carbocycles. The number of halogens is 1. The van der Waals surface area contributed by atoms with Crippen LogP contribution >= 0.6 is 27.3 Å². The molecule has 18 heavy (non-hydrogen) atoms. The summed E-state index contributed by atoms with van der Waals surface area (Å²) in [4.78, 5) is 1.01. The smallest absolute Gasteiger partial charge is 0.211 e. The molecule has 0 fully saturated rings. The van der Waals surface area contributed by atoms with Crippen molar-refractivity contribution in [3.63, 3.8) is 0 Å². The zero-order valence-electron chi connectivity index (χ0n) is 10.6. The Kier molecular flexibility index (Phi) is 6.79. The van der Waals surface area contributed by atoms with Crippen molar-refractivity contribution in [2.24, 2.45) is 0 Å². The van der Waals surface area contributed by atoms with Gasteiger partial charge in [-0.05, 0) is 41.0 Å². The van der Waals surface area contributed by atoms with Crippen molar-refractivity contribution in [3.8, 4) is 0 Å². The van der Waals surface area contributed by atoms with Gasteiger partial charge in [-0.25, -0.2) is 13.1 Å². The molecule has 104 valence electrons. The van der Waals surface area contributed by atoms with Crippen LogP contribution in [0.15, 0.2) is 15.9 Å². The first-order valence-corrected chi connectivity index (χ1v) is 9.10. The maximum absolute atomic E-state index is 11.7. The molecule has 0 aromatic carbocycles. The summed E-state index contributed by atoms with van der Waals surface area (Å²) < 4.78 is 27.0. The second-order valence-electron chi connectivity index (χ2n) is 4.31. The second kappa shape index (κ2) is 7.59. The highest BCUT2D eigenvalue weighted by Gasteiger charge is 2.10. The van der Waals surface area contributed by atoms with Crippen molar-refractivity contribution in [2.75, 3.05) is 12.3 Å². The average Bonchev–Trinajstić information content (AvgIpc) is 2.68. The SMILES string of the molecule is CC(C)NCCCS(=O)(=O)NCc1ccc(Br)s1. The van der Waals surface area contributed by atoms with E-state index in [1.807, 2.05) is 26.0 Å². The van der Waals surface area contributed by atoms with Crippen LogP contribution in [0, 0.1) is 0 Å². The molecule has 2 N–H and O–H groups in total. The zero-order valence-corrected chi connectivity index (χ0v) is 13.8. The van der Waals surface area contributed by atoms with Crippen molar-refractivity contribution >= 4 is 37.3 Å². The summed E-state index contributed by atoms with van der Waals surface area (Å²) >= 11 is 4.89. The van der Waals surface area contributed by atoms with Gasteiger partial charge in [0.15, 0.2) is 0 Å². The third-order valence-corrected chi connectivity index (χ3v) is 5.27. The third kappa shape index (κ3) is 6.84. The van der Waals surface area contributed by atoms with Crippen LogP contribution in [0.3, 0.4) is 0 Å². The Morgan fingerprint density at radius 2 is 2.11 bits per heavy atom. The number of rotatable bonds is 8. The van der Waals surface area contributed by atoms with E-state index in [4.69, 9.17) is 0 Å². The lowest BCUT2D eigenvalue weighted by Crippen LogP contribution is -2.29. The maximum atomic E-state index is 11.7. The molecule has 0 unspecified atom stereocenters. The number of hydrogen-bond acceptors (Lipinski definition) is 4. The topological polar surface area (TPSA) is 58.2 Å². The van der Waals surface area contributed by atoms with Gasteiger partial charge in [0.1, 0.15) is 0 Å². The van der Waals surface area contributed by atoms with Crippen LogP contribution in [-0.4, -0.2) is 26.8 Å². The van der Waals surface area contributed by atoms with Gasteiger partial charge in [-0.1, -0.05) is 13.8 Å². The Labute approximate surface area is 121 Å². The molecule has 4 nitrogen and oxygen atoms in total. The Bertz CT molecular complexity index is 457. The van der Waals surface area contributed by atoms with Gasteiger partial charge in [0.05, 0.1) is 9.54 Å². The fourth-order valence-corrected chi connectivity index (χ4v) is 3.91.